The second-order valence-electron chi connectivity index (χ2n) is 5.87. The van der Waals surface area contributed by atoms with Crippen LogP contribution in [0.25, 0.3) is 0 Å². The van der Waals surface area contributed by atoms with E-state index in [9.17, 15) is 13.2 Å². The molecule has 2 fully saturated rings. The third-order valence-corrected chi connectivity index (χ3v) is 4.79. The van der Waals surface area contributed by atoms with Crippen molar-refractivity contribution in [1.29, 1.82) is 0 Å². The summed E-state index contributed by atoms with van der Waals surface area (Å²) >= 11 is 0. The van der Waals surface area contributed by atoms with Crippen molar-refractivity contribution >= 4 is 15.7 Å². The fourth-order valence-corrected chi connectivity index (χ4v) is 3.16. The van der Waals surface area contributed by atoms with E-state index in [-0.39, 0.29) is 18.1 Å². The highest BCUT2D eigenvalue weighted by Gasteiger charge is 2.34. The Morgan fingerprint density at radius 1 is 1.32 bits per heavy atom. The highest BCUT2D eigenvalue weighted by molar-refractivity contribution is 7.90. The van der Waals surface area contributed by atoms with Gasteiger partial charge in [0.2, 0.25) is 5.91 Å². The second kappa shape index (κ2) is 6.22. The number of carbonyl (C=O) groups excluding carboxylic acids is 1. The van der Waals surface area contributed by atoms with Crippen LogP contribution in [-0.4, -0.2) is 56.9 Å². The van der Waals surface area contributed by atoms with Gasteiger partial charge in [-0.25, -0.2) is 8.42 Å². The first kappa shape index (κ1) is 14.8. The van der Waals surface area contributed by atoms with Crippen molar-refractivity contribution in [3.8, 4) is 0 Å². The molecule has 6 heteroatoms. The van der Waals surface area contributed by atoms with Gasteiger partial charge in [0.25, 0.3) is 0 Å². The molecule has 0 aromatic heterocycles. The lowest BCUT2D eigenvalue weighted by Gasteiger charge is -2.30. The lowest BCUT2D eigenvalue weighted by molar-refractivity contribution is -0.132. The summed E-state index contributed by atoms with van der Waals surface area (Å²) < 4.78 is 22.3. The molecule has 1 N–H and O–H groups in total. The van der Waals surface area contributed by atoms with Crippen LogP contribution in [0.2, 0.25) is 0 Å². The number of sulfone groups is 1. The lowest BCUT2D eigenvalue weighted by Crippen LogP contribution is -2.42. The molecule has 1 aliphatic carbocycles. The summed E-state index contributed by atoms with van der Waals surface area (Å²) in [5.41, 5.74) is 0. The molecule has 0 radical (unpaired) electrons. The summed E-state index contributed by atoms with van der Waals surface area (Å²) in [7, 11) is -3.05. The molecule has 1 atom stereocenters. The van der Waals surface area contributed by atoms with Crippen LogP contribution in [0.5, 0.6) is 0 Å². The van der Waals surface area contributed by atoms with Crippen molar-refractivity contribution in [3.63, 3.8) is 0 Å². The topological polar surface area (TPSA) is 66.5 Å². The summed E-state index contributed by atoms with van der Waals surface area (Å²) in [6.07, 6.45) is 5.80. The summed E-state index contributed by atoms with van der Waals surface area (Å²) in [6, 6.07) is 0.369. The number of hydrogen-bond acceptors (Lipinski definition) is 4. The van der Waals surface area contributed by atoms with E-state index in [1.807, 2.05) is 4.90 Å². The Labute approximate surface area is 115 Å². The molecule has 0 bridgehead atoms. The monoisotopic (exact) mass is 288 g/mol. The van der Waals surface area contributed by atoms with Crippen molar-refractivity contribution in [1.82, 2.24) is 10.2 Å². The third kappa shape index (κ3) is 5.10. The molecule has 1 unspecified atom stereocenters. The Hall–Kier alpha value is -0.620. The van der Waals surface area contributed by atoms with Crippen molar-refractivity contribution in [2.45, 2.75) is 38.1 Å². The van der Waals surface area contributed by atoms with Crippen molar-refractivity contribution in [2.24, 2.45) is 5.92 Å². The van der Waals surface area contributed by atoms with E-state index < -0.39 is 9.84 Å². The van der Waals surface area contributed by atoms with Gasteiger partial charge >= 0.3 is 0 Å². The molecule has 0 aromatic carbocycles. The first-order valence-corrected chi connectivity index (χ1v) is 9.19. The first-order chi connectivity index (χ1) is 8.96. The van der Waals surface area contributed by atoms with Crippen LogP contribution in [0.4, 0.5) is 0 Å². The average Bonchev–Trinajstić information content (AvgIpc) is 3.18. The van der Waals surface area contributed by atoms with Gasteiger partial charge in [-0.1, -0.05) is 0 Å². The molecule has 0 spiro atoms. The minimum absolute atomic E-state index is 0.0125. The molecule has 0 aromatic rings. The number of carbonyl (C=O) groups is 1. The van der Waals surface area contributed by atoms with Gasteiger partial charge in [0.1, 0.15) is 9.84 Å². The van der Waals surface area contributed by atoms with Crippen LogP contribution in [0, 0.1) is 5.92 Å². The van der Waals surface area contributed by atoms with Crippen molar-refractivity contribution < 1.29 is 13.2 Å². The molecule has 1 saturated heterocycles. The predicted molar refractivity (Wildman–Crippen MR) is 74.7 cm³/mol. The molecule has 2 aliphatic rings. The van der Waals surface area contributed by atoms with E-state index in [1.165, 1.54) is 12.7 Å². The Bertz CT molecular complexity index is 412. The van der Waals surface area contributed by atoms with Crippen LogP contribution in [0.1, 0.15) is 32.1 Å². The van der Waals surface area contributed by atoms with E-state index in [2.05, 4.69) is 5.32 Å². The van der Waals surface area contributed by atoms with Gasteiger partial charge in [-0.2, -0.15) is 0 Å². The quantitative estimate of drug-likeness (QED) is 0.769. The maximum absolute atomic E-state index is 12.2. The molecular weight excluding hydrogens is 264 g/mol. The summed E-state index contributed by atoms with van der Waals surface area (Å²) in [5.74, 6) is 0.507. The van der Waals surface area contributed by atoms with E-state index in [0.29, 0.717) is 12.0 Å². The maximum atomic E-state index is 12.2. The van der Waals surface area contributed by atoms with Crippen molar-refractivity contribution in [3.05, 3.63) is 0 Å². The molecule has 19 heavy (non-hydrogen) atoms. The van der Waals surface area contributed by atoms with Gasteiger partial charge in [0, 0.05) is 25.3 Å². The summed E-state index contributed by atoms with van der Waals surface area (Å²) in [5, 5.41) is 3.36. The standard InChI is InChI=1S/C13H24N2O3S/c1-19(17,18)8-6-13(16)15(12-4-5-12)10-11-3-2-7-14-9-11/h11-12,14H,2-10H2,1H3. The number of piperidine rings is 1. The van der Waals surface area contributed by atoms with Gasteiger partial charge < -0.3 is 10.2 Å². The number of nitrogens with one attached hydrogen (secondary N) is 1. The maximum Gasteiger partial charge on any atom is 0.223 e. The first-order valence-electron chi connectivity index (χ1n) is 7.13. The highest BCUT2D eigenvalue weighted by atomic mass is 32.2. The Kier molecular flexibility index (Phi) is 4.84. The van der Waals surface area contributed by atoms with E-state index in [1.54, 1.807) is 0 Å². The van der Waals surface area contributed by atoms with Crippen molar-refractivity contribution in [2.75, 3.05) is 31.6 Å². The Morgan fingerprint density at radius 2 is 2.05 bits per heavy atom. The van der Waals surface area contributed by atoms with E-state index in [0.717, 1.165) is 38.9 Å². The van der Waals surface area contributed by atoms with E-state index in [4.69, 9.17) is 0 Å². The van der Waals surface area contributed by atoms with Crippen LogP contribution in [0.15, 0.2) is 0 Å². The molecule has 1 amide bonds. The van der Waals surface area contributed by atoms with Gasteiger partial charge in [-0.3, -0.25) is 4.79 Å². The van der Waals surface area contributed by atoms with Crippen LogP contribution in [-0.2, 0) is 14.6 Å². The number of amides is 1. The van der Waals surface area contributed by atoms with Gasteiger partial charge in [-0.15, -0.1) is 0 Å². The lowest BCUT2D eigenvalue weighted by atomic mass is 9.99. The largest absolute Gasteiger partial charge is 0.339 e. The summed E-state index contributed by atoms with van der Waals surface area (Å²) in [4.78, 5) is 14.1. The fraction of sp³-hybridized carbons (Fsp3) is 0.923. The third-order valence-electron chi connectivity index (χ3n) is 3.85. The average molecular weight is 288 g/mol. The second-order valence-corrected chi connectivity index (χ2v) is 8.13. The normalized spacial score (nSPS) is 24.2. The minimum atomic E-state index is -3.05. The van der Waals surface area contributed by atoms with E-state index >= 15 is 0 Å². The SMILES string of the molecule is CS(=O)(=O)CCC(=O)N(CC1CCCNC1)C1CC1. The van der Waals surface area contributed by atoms with Crippen LogP contribution < -0.4 is 5.32 Å². The number of rotatable bonds is 6. The predicted octanol–water partition coefficient (Wildman–Crippen LogP) is 0.412. The highest BCUT2D eigenvalue weighted by Crippen LogP contribution is 2.29. The van der Waals surface area contributed by atoms with Gasteiger partial charge in [0.15, 0.2) is 0 Å². The van der Waals surface area contributed by atoms with Gasteiger partial charge in [-0.05, 0) is 44.7 Å². The van der Waals surface area contributed by atoms with Gasteiger partial charge in [0.05, 0.1) is 5.75 Å². The minimum Gasteiger partial charge on any atom is -0.339 e. The van der Waals surface area contributed by atoms with Crippen LogP contribution in [0.3, 0.4) is 0 Å². The smallest absolute Gasteiger partial charge is 0.223 e. The molecular formula is C13H24N2O3S. The molecule has 1 aliphatic heterocycles. The number of nitrogens with zero attached hydrogens (tertiary/aromatic N) is 1. The molecule has 1 saturated carbocycles. The zero-order valence-corrected chi connectivity index (χ0v) is 12.4. The van der Waals surface area contributed by atoms with Crippen LogP contribution >= 0.6 is 0 Å². The molecule has 2 rings (SSSR count). The zero-order valence-electron chi connectivity index (χ0n) is 11.6. The zero-order chi connectivity index (χ0) is 13.9. The molecule has 5 nitrogen and oxygen atoms in total. The Balaban J connectivity index is 1.86. The molecule has 1 heterocycles. The molecule has 110 valence electrons. The summed E-state index contributed by atoms with van der Waals surface area (Å²) in [6.45, 7) is 2.84. The fourth-order valence-electron chi connectivity index (χ4n) is 2.62. The Morgan fingerprint density at radius 3 is 2.58 bits per heavy atom. The number of hydrogen-bond donors (Lipinski definition) is 1.